The summed E-state index contributed by atoms with van der Waals surface area (Å²) < 4.78 is 5.21. The van der Waals surface area contributed by atoms with E-state index in [1.54, 1.807) is 0 Å². The molecular weight excluding hydrogens is 130 g/mol. The third-order valence-electron chi connectivity index (χ3n) is 2.01. The molecule has 0 saturated carbocycles. The lowest BCUT2D eigenvalue weighted by Gasteiger charge is -2.25. The van der Waals surface area contributed by atoms with Crippen LogP contribution in [0.25, 0.3) is 0 Å². The van der Waals surface area contributed by atoms with Crippen molar-refractivity contribution in [3.8, 4) is 0 Å². The van der Waals surface area contributed by atoms with Crippen LogP contribution >= 0.6 is 0 Å². The summed E-state index contributed by atoms with van der Waals surface area (Å²) in [4.78, 5) is 0. The Kier molecular flexibility index (Phi) is 3.12. The highest BCUT2D eigenvalue weighted by molar-refractivity contribution is 4.73. The highest BCUT2D eigenvalue weighted by Crippen LogP contribution is 2.15. The van der Waals surface area contributed by atoms with Gasteiger partial charge in [0.15, 0.2) is 0 Å². The number of ether oxygens (including phenoxy) is 1. The van der Waals surface area contributed by atoms with E-state index in [0.29, 0.717) is 5.92 Å². The van der Waals surface area contributed by atoms with Crippen LogP contribution < -0.4 is 5.73 Å². The van der Waals surface area contributed by atoms with Gasteiger partial charge in [-0.05, 0) is 18.8 Å². The predicted octanol–water partition coefficient (Wildman–Crippen LogP) is -0.267. The highest BCUT2D eigenvalue weighted by Gasteiger charge is 2.19. The molecule has 3 heteroatoms. The van der Waals surface area contributed by atoms with Gasteiger partial charge in [-0.15, -0.1) is 0 Å². The number of nitrogens with two attached hydrogens (primary N) is 1. The zero-order chi connectivity index (χ0) is 7.40. The fourth-order valence-corrected chi connectivity index (χ4v) is 1.25. The van der Waals surface area contributed by atoms with Gasteiger partial charge in [0.1, 0.15) is 0 Å². The third kappa shape index (κ3) is 1.94. The summed E-state index contributed by atoms with van der Waals surface area (Å²) in [6.45, 7) is 1.66. The van der Waals surface area contributed by atoms with Crippen LogP contribution in [0.3, 0.4) is 0 Å². The van der Waals surface area contributed by atoms with E-state index in [4.69, 9.17) is 15.6 Å². The summed E-state index contributed by atoms with van der Waals surface area (Å²) in [7, 11) is 0. The van der Waals surface area contributed by atoms with Gasteiger partial charge in [0.05, 0.1) is 13.2 Å². The maximum Gasteiger partial charge on any atom is 0.0586 e. The number of aliphatic hydroxyl groups is 1. The van der Waals surface area contributed by atoms with Gasteiger partial charge in [0, 0.05) is 12.6 Å². The number of rotatable bonds is 2. The Morgan fingerprint density at radius 3 is 3.00 bits per heavy atom. The third-order valence-corrected chi connectivity index (χ3v) is 2.01. The van der Waals surface area contributed by atoms with E-state index in [1.165, 1.54) is 0 Å². The SMILES string of the molecule is N[C@@H](CO)[C@@H]1CCCOC1. The summed E-state index contributed by atoms with van der Waals surface area (Å²) in [6.07, 6.45) is 2.18. The Labute approximate surface area is 61.2 Å². The fourth-order valence-electron chi connectivity index (χ4n) is 1.25. The van der Waals surface area contributed by atoms with E-state index >= 15 is 0 Å². The second-order valence-corrected chi connectivity index (χ2v) is 2.82. The van der Waals surface area contributed by atoms with Crippen LogP contribution in [0.2, 0.25) is 0 Å². The van der Waals surface area contributed by atoms with Gasteiger partial charge in [-0.1, -0.05) is 0 Å². The largest absolute Gasteiger partial charge is 0.395 e. The first-order valence-electron chi connectivity index (χ1n) is 3.78. The zero-order valence-corrected chi connectivity index (χ0v) is 6.12. The molecule has 0 aromatic rings. The Hall–Kier alpha value is -0.120. The van der Waals surface area contributed by atoms with Gasteiger partial charge >= 0.3 is 0 Å². The molecule has 0 radical (unpaired) electrons. The molecule has 0 spiro atoms. The second kappa shape index (κ2) is 3.91. The average molecular weight is 145 g/mol. The first-order valence-corrected chi connectivity index (χ1v) is 3.78. The van der Waals surface area contributed by atoms with Gasteiger partial charge < -0.3 is 15.6 Å². The van der Waals surface area contributed by atoms with Crippen LogP contribution in [0.1, 0.15) is 12.8 Å². The van der Waals surface area contributed by atoms with Crippen molar-refractivity contribution < 1.29 is 9.84 Å². The minimum Gasteiger partial charge on any atom is -0.395 e. The molecule has 0 aromatic carbocycles. The van der Waals surface area contributed by atoms with E-state index in [-0.39, 0.29) is 12.6 Å². The predicted molar refractivity (Wildman–Crippen MR) is 38.6 cm³/mol. The maximum atomic E-state index is 8.71. The van der Waals surface area contributed by atoms with E-state index in [0.717, 1.165) is 26.1 Å². The topological polar surface area (TPSA) is 55.5 Å². The molecule has 1 saturated heterocycles. The quantitative estimate of drug-likeness (QED) is 0.562. The fraction of sp³-hybridized carbons (Fsp3) is 1.00. The first kappa shape index (κ1) is 7.98. The molecular formula is C7H15NO2. The second-order valence-electron chi connectivity index (χ2n) is 2.82. The van der Waals surface area contributed by atoms with Crippen molar-refractivity contribution in [1.29, 1.82) is 0 Å². The van der Waals surface area contributed by atoms with E-state index in [2.05, 4.69) is 0 Å². The van der Waals surface area contributed by atoms with Crippen molar-refractivity contribution in [1.82, 2.24) is 0 Å². The number of aliphatic hydroxyl groups excluding tert-OH is 1. The number of hydrogen-bond donors (Lipinski definition) is 2. The van der Waals surface area contributed by atoms with Gasteiger partial charge in [-0.2, -0.15) is 0 Å². The molecule has 0 aliphatic carbocycles. The molecule has 3 nitrogen and oxygen atoms in total. The molecule has 3 N–H and O–H groups in total. The Morgan fingerprint density at radius 2 is 2.50 bits per heavy atom. The summed E-state index contributed by atoms with van der Waals surface area (Å²) >= 11 is 0. The van der Waals surface area contributed by atoms with Crippen molar-refractivity contribution in [2.45, 2.75) is 18.9 Å². The van der Waals surface area contributed by atoms with Gasteiger partial charge in [0.25, 0.3) is 0 Å². The van der Waals surface area contributed by atoms with Crippen molar-refractivity contribution in [3.05, 3.63) is 0 Å². The monoisotopic (exact) mass is 145 g/mol. The van der Waals surface area contributed by atoms with Crippen LogP contribution in [-0.4, -0.2) is 31.0 Å². The lowest BCUT2D eigenvalue weighted by molar-refractivity contribution is 0.0358. The van der Waals surface area contributed by atoms with Crippen LogP contribution in [-0.2, 0) is 4.74 Å². The Balaban J connectivity index is 2.24. The van der Waals surface area contributed by atoms with E-state index < -0.39 is 0 Å². The van der Waals surface area contributed by atoms with Crippen molar-refractivity contribution in [3.63, 3.8) is 0 Å². The molecule has 1 fully saturated rings. The van der Waals surface area contributed by atoms with Crippen molar-refractivity contribution in [2.24, 2.45) is 11.7 Å². The lowest BCUT2D eigenvalue weighted by atomic mass is 9.95. The highest BCUT2D eigenvalue weighted by atomic mass is 16.5. The first-order chi connectivity index (χ1) is 4.84. The summed E-state index contributed by atoms with van der Waals surface area (Å²) in [5.74, 6) is 0.374. The standard InChI is InChI=1S/C7H15NO2/c8-7(4-9)6-2-1-3-10-5-6/h6-7,9H,1-5,8H2/t6-,7+/m1/s1. The smallest absolute Gasteiger partial charge is 0.0586 e. The molecule has 0 unspecified atom stereocenters. The maximum absolute atomic E-state index is 8.71. The van der Waals surface area contributed by atoms with E-state index in [1.807, 2.05) is 0 Å². The minimum atomic E-state index is -0.0831. The molecule has 1 aliphatic rings. The van der Waals surface area contributed by atoms with Gasteiger partial charge in [-0.25, -0.2) is 0 Å². The molecule has 0 amide bonds. The van der Waals surface area contributed by atoms with E-state index in [9.17, 15) is 0 Å². The van der Waals surface area contributed by atoms with Crippen molar-refractivity contribution in [2.75, 3.05) is 19.8 Å². The average Bonchev–Trinajstić information content (AvgIpc) is 2.05. The zero-order valence-electron chi connectivity index (χ0n) is 6.12. The van der Waals surface area contributed by atoms with Crippen LogP contribution in [0.15, 0.2) is 0 Å². The number of hydrogen-bond acceptors (Lipinski definition) is 3. The van der Waals surface area contributed by atoms with Crippen molar-refractivity contribution >= 4 is 0 Å². The van der Waals surface area contributed by atoms with Crippen LogP contribution in [0.4, 0.5) is 0 Å². The Bertz CT molecular complexity index is 91.6. The summed E-state index contributed by atoms with van der Waals surface area (Å²) in [5, 5.41) is 8.71. The van der Waals surface area contributed by atoms with Gasteiger partial charge in [-0.3, -0.25) is 0 Å². The van der Waals surface area contributed by atoms with Gasteiger partial charge in [0.2, 0.25) is 0 Å². The van der Waals surface area contributed by atoms with Crippen LogP contribution in [0.5, 0.6) is 0 Å². The molecule has 10 heavy (non-hydrogen) atoms. The molecule has 0 bridgehead atoms. The minimum absolute atomic E-state index is 0.0774. The molecule has 1 aliphatic heterocycles. The molecule has 1 rings (SSSR count). The molecule has 0 aromatic heterocycles. The summed E-state index contributed by atoms with van der Waals surface area (Å²) in [5.41, 5.74) is 5.62. The molecule has 60 valence electrons. The normalized spacial score (nSPS) is 30.0. The molecule has 2 atom stereocenters. The van der Waals surface area contributed by atoms with Crippen LogP contribution in [0, 0.1) is 5.92 Å². The summed E-state index contributed by atoms with van der Waals surface area (Å²) in [6, 6.07) is -0.0831. The lowest BCUT2D eigenvalue weighted by Crippen LogP contribution is -2.38. The Morgan fingerprint density at radius 1 is 1.70 bits per heavy atom. The molecule has 1 heterocycles.